The summed E-state index contributed by atoms with van der Waals surface area (Å²) in [7, 11) is 0. The Morgan fingerprint density at radius 3 is 2.61 bits per heavy atom. The van der Waals surface area contributed by atoms with Crippen LogP contribution in [0.1, 0.15) is 38.7 Å². The van der Waals surface area contributed by atoms with Gasteiger partial charge >= 0.3 is 0 Å². The zero-order valence-electron chi connectivity index (χ0n) is 11.4. The number of nitrogens with zero attached hydrogens (tertiary/aromatic N) is 1. The molecule has 3 heteroatoms. The zero-order valence-corrected chi connectivity index (χ0v) is 12.1. The van der Waals surface area contributed by atoms with Crippen molar-refractivity contribution in [2.45, 2.75) is 45.7 Å². The number of anilines is 1. The van der Waals surface area contributed by atoms with Crippen molar-refractivity contribution in [2.24, 2.45) is 0 Å². The lowest BCUT2D eigenvalue weighted by atomic mass is 10.1. The molecule has 1 fully saturated rings. The van der Waals surface area contributed by atoms with Crippen molar-refractivity contribution in [3.05, 3.63) is 28.8 Å². The van der Waals surface area contributed by atoms with Crippen LogP contribution in [0, 0.1) is 0 Å². The van der Waals surface area contributed by atoms with Gasteiger partial charge in [-0.05, 0) is 37.0 Å². The molecule has 0 aromatic heterocycles. The molecule has 1 saturated heterocycles. The van der Waals surface area contributed by atoms with Crippen LogP contribution >= 0.6 is 11.6 Å². The molecule has 1 aliphatic rings. The lowest BCUT2D eigenvalue weighted by Crippen LogP contribution is -2.31. The van der Waals surface area contributed by atoms with Crippen molar-refractivity contribution in [3.8, 4) is 0 Å². The lowest BCUT2D eigenvalue weighted by Gasteiger charge is -2.31. The monoisotopic (exact) mass is 266 g/mol. The number of hydrogen-bond donors (Lipinski definition) is 1. The van der Waals surface area contributed by atoms with Gasteiger partial charge in [0.25, 0.3) is 0 Å². The van der Waals surface area contributed by atoms with E-state index in [2.05, 4.69) is 36.2 Å². The Balaban J connectivity index is 2.16. The molecule has 2 rings (SSSR count). The molecule has 0 atom stereocenters. The van der Waals surface area contributed by atoms with E-state index in [0.717, 1.165) is 24.7 Å². The van der Waals surface area contributed by atoms with E-state index in [-0.39, 0.29) is 0 Å². The average Bonchev–Trinajstić information content (AvgIpc) is 2.38. The molecule has 1 aromatic rings. The van der Waals surface area contributed by atoms with E-state index in [1.165, 1.54) is 30.5 Å². The number of hydrogen-bond acceptors (Lipinski definition) is 2. The highest BCUT2D eigenvalue weighted by Gasteiger charge is 2.14. The zero-order chi connectivity index (χ0) is 13.0. The standard InChI is InChI=1S/C15H23ClN2/c1-12(2)17-11-13-6-7-14(16)10-15(13)18-8-4-3-5-9-18/h6-7,10,12,17H,3-5,8-9,11H2,1-2H3. The maximum atomic E-state index is 6.15. The van der Waals surface area contributed by atoms with Gasteiger partial charge in [-0.1, -0.05) is 31.5 Å². The maximum absolute atomic E-state index is 6.15. The van der Waals surface area contributed by atoms with Crippen LogP contribution < -0.4 is 10.2 Å². The molecule has 0 bridgehead atoms. The molecule has 0 aliphatic carbocycles. The van der Waals surface area contributed by atoms with Gasteiger partial charge in [0.05, 0.1) is 0 Å². The number of benzene rings is 1. The Bertz CT molecular complexity index is 384. The molecule has 0 spiro atoms. The highest BCUT2D eigenvalue weighted by Crippen LogP contribution is 2.27. The molecule has 2 nitrogen and oxygen atoms in total. The van der Waals surface area contributed by atoms with Gasteiger partial charge < -0.3 is 10.2 Å². The molecule has 0 radical (unpaired) electrons. The first-order chi connectivity index (χ1) is 8.66. The molecule has 18 heavy (non-hydrogen) atoms. The van der Waals surface area contributed by atoms with E-state index in [1.54, 1.807) is 0 Å². The summed E-state index contributed by atoms with van der Waals surface area (Å²) in [6.45, 7) is 7.59. The summed E-state index contributed by atoms with van der Waals surface area (Å²) >= 11 is 6.15. The smallest absolute Gasteiger partial charge is 0.0426 e. The van der Waals surface area contributed by atoms with Gasteiger partial charge in [0, 0.05) is 36.4 Å². The van der Waals surface area contributed by atoms with Crippen LogP contribution in [0.3, 0.4) is 0 Å². The van der Waals surface area contributed by atoms with Gasteiger partial charge in [-0.3, -0.25) is 0 Å². The average molecular weight is 267 g/mol. The minimum Gasteiger partial charge on any atom is -0.371 e. The number of nitrogens with one attached hydrogen (secondary N) is 1. The van der Waals surface area contributed by atoms with Crippen LogP contribution in [0.25, 0.3) is 0 Å². The minimum atomic E-state index is 0.509. The number of halogens is 1. The first-order valence-electron chi connectivity index (χ1n) is 6.93. The molecule has 0 amide bonds. The predicted octanol–water partition coefficient (Wildman–Crippen LogP) is 3.83. The molecule has 0 saturated carbocycles. The third-order valence-corrected chi connectivity index (χ3v) is 3.68. The van der Waals surface area contributed by atoms with Crippen LogP contribution in [0.15, 0.2) is 18.2 Å². The van der Waals surface area contributed by atoms with Crippen molar-refractivity contribution >= 4 is 17.3 Å². The second kappa shape index (κ2) is 6.44. The van der Waals surface area contributed by atoms with E-state index in [0.29, 0.717) is 6.04 Å². The third kappa shape index (κ3) is 3.63. The Morgan fingerprint density at radius 2 is 1.94 bits per heavy atom. The minimum absolute atomic E-state index is 0.509. The fourth-order valence-corrected chi connectivity index (χ4v) is 2.60. The number of rotatable bonds is 4. The Morgan fingerprint density at radius 1 is 1.22 bits per heavy atom. The van der Waals surface area contributed by atoms with E-state index in [9.17, 15) is 0 Å². The molecule has 1 aromatic carbocycles. The summed E-state index contributed by atoms with van der Waals surface area (Å²) in [6, 6.07) is 6.77. The molecule has 100 valence electrons. The molecule has 1 N–H and O–H groups in total. The quantitative estimate of drug-likeness (QED) is 0.891. The van der Waals surface area contributed by atoms with Gasteiger partial charge in [-0.15, -0.1) is 0 Å². The second-order valence-corrected chi connectivity index (χ2v) is 5.79. The topological polar surface area (TPSA) is 15.3 Å². The fraction of sp³-hybridized carbons (Fsp3) is 0.600. The predicted molar refractivity (Wildman–Crippen MR) is 79.5 cm³/mol. The van der Waals surface area contributed by atoms with E-state index in [4.69, 9.17) is 11.6 Å². The SMILES string of the molecule is CC(C)NCc1ccc(Cl)cc1N1CCCCC1. The van der Waals surface area contributed by atoms with E-state index in [1.807, 2.05) is 6.07 Å². The van der Waals surface area contributed by atoms with Crippen molar-refractivity contribution in [1.82, 2.24) is 5.32 Å². The first kappa shape index (κ1) is 13.7. The van der Waals surface area contributed by atoms with Gasteiger partial charge in [0.1, 0.15) is 0 Å². The van der Waals surface area contributed by atoms with Gasteiger partial charge in [-0.25, -0.2) is 0 Å². The van der Waals surface area contributed by atoms with Crippen LogP contribution in [0.5, 0.6) is 0 Å². The van der Waals surface area contributed by atoms with Gasteiger partial charge in [-0.2, -0.15) is 0 Å². The Labute approximate surface area is 115 Å². The van der Waals surface area contributed by atoms with Crippen LogP contribution in [0.2, 0.25) is 5.02 Å². The van der Waals surface area contributed by atoms with Crippen molar-refractivity contribution in [2.75, 3.05) is 18.0 Å². The molecular weight excluding hydrogens is 244 g/mol. The Hall–Kier alpha value is -0.730. The highest BCUT2D eigenvalue weighted by atomic mass is 35.5. The molecule has 0 unspecified atom stereocenters. The van der Waals surface area contributed by atoms with Crippen molar-refractivity contribution < 1.29 is 0 Å². The lowest BCUT2D eigenvalue weighted by molar-refractivity contribution is 0.566. The Kier molecular flexibility index (Phi) is 4.90. The van der Waals surface area contributed by atoms with E-state index < -0.39 is 0 Å². The van der Waals surface area contributed by atoms with Crippen LogP contribution in [-0.2, 0) is 6.54 Å². The normalized spacial score (nSPS) is 16.3. The summed E-state index contributed by atoms with van der Waals surface area (Å²) < 4.78 is 0. The van der Waals surface area contributed by atoms with Crippen molar-refractivity contribution in [1.29, 1.82) is 0 Å². The van der Waals surface area contributed by atoms with Gasteiger partial charge in [0.15, 0.2) is 0 Å². The summed E-state index contributed by atoms with van der Waals surface area (Å²) in [5, 5.41) is 4.33. The maximum Gasteiger partial charge on any atom is 0.0426 e. The van der Waals surface area contributed by atoms with Crippen molar-refractivity contribution in [3.63, 3.8) is 0 Å². The summed E-state index contributed by atoms with van der Waals surface area (Å²) in [4.78, 5) is 2.48. The largest absolute Gasteiger partial charge is 0.371 e. The highest BCUT2D eigenvalue weighted by molar-refractivity contribution is 6.30. The summed E-state index contributed by atoms with van der Waals surface area (Å²) in [6.07, 6.45) is 3.95. The van der Waals surface area contributed by atoms with Gasteiger partial charge in [0.2, 0.25) is 0 Å². The molecular formula is C15H23ClN2. The summed E-state index contributed by atoms with van der Waals surface area (Å²) in [5.74, 6) is 0. The molecule has 1 heterocycles. The first-order valence-corrected chi connectivity index (χ1v) is 7.31. The fourth-order valence-electron chi connectivity index (χ4n) is 2.43. The second-order valence-electron chi connectivity index (χ2n) is 5.36. The number of piperidine rings is 1. The van der Waals surface area contributed by atoms with Crippen LogP contribution in [-0.4, -0.2) is 19.1 Å². The van der Waals surface area contributed by atoms with E-state index >= 15 is 0 Å². The third-order valence-electron chi connectivity index (χ3n) is 3.44. The van der Waals surface area contributed by atoms with Crippen LogP contribution in [0.4, 0.5) is 5.69 Å². The summed E-state index contributed by atoms with van der Waals surface area (Å²) in [5.41, 5.74) is 2.67. The molecule has 1 aliphatic heterocycles.